The van der Waals surface area contributed by atoms with Crippen LogP contribution >= 0.6 is 0 Å². The number of fused-ring (bicyclic) bond motifs is 1. The van der Waals surface area contributed by atoms with Crippen LogP contribution in [0, 0.1) is 6.92 Å². The molecule has 0 saturated carbocycles. The second-order valence-electron chi connectivity index (χ2n) is 9.86. The number of nitrogens with one attached hydrogen (secondary N) is 1. The van der Waals surface area contributed by atoms with E-state index in [2.05, 4.69) is 21.8 Å². The van der Waals surface area contributed by atoms with Gasteiger partial charge in [-0.05, 0) is 61.1 Å². The lowest BCUT2D eigenvalue weighted by Crippen LogP contribution is -2.25. The molecular weight excluding hydrogens is 524 g/mol. The molecule has 0 amide bonds. The van der Waals surface area contributed by atoms with Crippen LogP contribution in [0.1, 0.15) is 53.0 Å². The SMILES string of the molecule is Cc1nc(OCCCS(C)(=O)=O)ccc1-c1cccc2c1CC[C@H]2Oc1ccc(C2CC(O)N[S+]2[O-])cc1. The number of rotatable bonds is 9. The lowest BCUT2D eigenvalue weighted by molar-refractivity contribution is 0.165. The van der Waals surface area contributed by atoms with Crippen molar-refractivity contribution in [3.63, 3.8) is 0 Å². The van der Waals surface area contributed by atoms with Crippen LogP contribution < -0.4 is 14.2 Å². The molecule has 4 atom stereocenters. The van der Waals surface area contributed by atoms with E-state index in [1.54, 1.807) is 0 Å². The summed E-state index contributed by atoms with van der Waals surface area (Å²) in [6.07, 6.45) is 3.03. The average molecular weight is 557 g/mol. The smallest absolute Gasteiger partial charge is 0.213 e. The molecule has 2 aromatic carbocycles. The number of ether oxygens (including phenoxy) is 2. The van der Waals surface area contributed by atoms with Gasteiger partial charge in [-0.3, -0.25) is 0 Å². The van der Waals surface area contributed by atoms with Crippen molar-refractivity contribution in [1.82, 2.24) is 9.71 Å². The highest BCUT2D eigenvalue weighted by Gasteiger charge is 2.37. The molecule has 0 spiro atoms. The van der Waals surface area contributed by atoms with Crippen LogP contribution in [0.5, 0.6) is 11.6 Å². The van der Waals surface area contributed by atoms with E-state index in [4.69, 9.17) is 9.47 Å². The zero-order valence-electron chi connectivity index (χ0n) is 21.4. The van der Waals surface area contributed by atoms with Gasteiger partial charge in [-0.25, -0.2) is 13.4 Å². The highest BCUT2D eigenvalue weighted by atomic mass is 32.2. The summed E-state index contributed by atoms with van der Waals surface area (Å²) in [6, 6.07) is 17.8. The van der Waals surface area contributed by atoms with Crippen LogP contribution in [0.3, 0.4) is 0 Å². The van der Waals surface area contributed by atoms with E-state index in [1.165, 1.54) is 11.8 Å². The van der Waals surface area contributed by atoms with Gasteiger partial charge in [0.1, 0.15) is 21.7 Å². The number of aromatic nitrogens is 1. The van der Waals surface area contributed by atoms with Gasteiger partial charge in [0.25, 0.3) is 0 Å². The molecule has 1 aromatic heterocycles. The fourth-order valence-electron chi connectivity index (χ4n) is 5.13. The fraction of sp³-hybridized carbons (Fsp3) is 0.393. The monoisotopic (exact) mass is 556 g/mol. The molecule has 8 nitrogen and oxygen atoms in total. The van der Waals surface area contributed by atoms with Crippen molar-refractivity contribution in [3.05, 3.63) is 77.0 Å². The quantitative estimate of drug-likeness (QED) is 0.300. The Morgan fingerprint density at radius 1 is 1.13 bits per heavy atom. The molecule has 2 N–H and O–H groups in total. The zero-order chi connectivity index (χ0) is 26.9. The minimum atomic E-state index is -3.00. The minimum absolute atomic E-state index is 0.0642. The Morgan fingerprint density at radius 2 is 1.92 bits per heavy atom. The van der Waals surface area contributed by atoms with Crippen LogP contribution in [0.2, 0.25) is 0 Å². The zero-order valence-corrected chi connectivity index (χ0v) is 23.1. The maximum Gasteiger partial charge on any atom is 0.213 e. The second kappa shape index (κ2) is 11.2. The first-order valence-corrected chi connectivity index (χ1v) is 16.0. The molecule has 10 heteroatoms. The summed E-state index contributed by atoms with van der Waals surface area (Å²) in [4.78, 5) is 4.60. The van der Waals surface area contributed by atoms with Crippen molar-refractivity contribution in [2.24, 2.45) is 0 Å². The summed E-state index contributed by atoms with van der Waals surface area (Å²) in [7, 11) is -3.00. The first-order chi connectivity index (χ1) is 18.2. The van der Waals surface area contributed by atoms with Gasteiger partial charge in [-0.1, -0.05) is 30.3 Å². The molecule has 2 aliphatic rings. The van der Waals surface area contributed by atoms with Crippen LogP contribution in [-0.4, -0.2) is 47.9 Å². The Morgan fingerprint density at radius 3 is 2.61 bits per heavy atom. The van der Waals surface area contributed by atoms with E-state index in [0.29, 0.717) is 25.3 Å². The fourth-order valence-corrected chi connectivity index (χ4v) is 7.06. The Bertz CT molecular complexity index is 1400. The molecule has 2 heterocycles. The minimum Gasteiger partial charge on any atom is -0.598 e. The second-order valence-corrected chi connectivity index (χ2v) is 13.5. The lowest BCUT2D eigenvalue weighted by Gasteiger charge is -2.17. The Balaban J connectivity index is 1.27. The molecule has 3 aromatic rings. The summed E-state index contributed by atoms with van der Waals surface area (Å²) in [5.41, 5.74) is 6.35. The number of aliphatic hydroxyl groups excluding tert-OH is 1. The summed E-state index contributed by atoms with van der Waals surface area (Å²) < 4.78 is 49.4. The third kappa shape index (κ3) is 6.16. The molecule has 3 unspecified atom stereocenters. The van der Waals surface area contributed by atoms with Gasteiger partial charge in [-0.15, -0.1) is 4.72 Å². The highest BCUT2D eigenvalue weighted by Crippen LogP contribution is 2.41. The predicted octanol–water partition coefficient (Wildman–Crippen LogP) is 3.95. The summed E-state index contributed by atoms with van der Waals surface area (Å²) in [6.45, 7) is 2.26. The van der Waals surface area contributed by atoms with E-state index < -0.39 is 27.4 Å². The summed E-state index contributed by atoms with van der Waals surface area (Å²) in [5.74, 6) is 1.34. The van der Waals surface area contributed by atoms with Gasteiger partial charge in [0, 0.05) is 46.9 Å². The number of aryl methyl sites for hydroxylation is 1. The molecule has 1 aliphatic carbocycles. The summed E-state index contributed by atoms with van der Waals surface area (Å²) >= 11 is -1.29. The highest BCUT2D eigenvalue weighted by molar-refractivity contribution is 7.90. The third-order valence-electron chi connectivity index (χ3n) is 6.95. The van der Waals surface area contributed by atoms with Crippen LogP contribution in [0.15, 0.2) is 54.6 Å². The van der Waals surface area contributed by atoms with Gasteiger partial charge in [0.2, 0.25) is 5.88 Å². The lowest BCUT2D eigenvalue weighted by atomic mass is 9.96. The largest absolute Gasteiger partial charge is 0.598 e. The van der Waals surface area contributed by atoms with Gasteiger partial charge in [0.05, 0.1) is 12.4 Å². The molecule has 202 valence electrons. The van der Waals surface area contributed by atoms with E-state index in [9.17, 15) is 18.1 Å². The maximum atomic E-state index is 12.1. The third-order valence-corrected chi connectivity index (χ3v) is 9.47. The standard InChI is InChI=1S/C28H32N2O6S2/c1-18-21(12-14-28(29-18)35-15-4-16-38(2,33)34)22-5-3-6-24-23(22)11-13-25(24)36-20-9-7-19(8-10-20)26-17-27(31)30-37(26)32/h3,5-10,12,14,25-27,30-31H,4,11,13,15-17H2,1-2H3/t25-,26?,27?,37?/m1/s1. The first kappa shape index (κ1) is 27.0. The van der Waals surface area contributed by atoms with Crippen LogP contribution in [0.4, 0.5) is 0 Å². The molecule has 1 saturated heterocycles. The van der Waals surface area contributed by atoms with Crippen molar-refractivity contribution in [3.8, 4) is 22.8 Å². The molecule has 0 bridgehead atoms. The molecule has 0 radical (unpaired) electrons. The average Bonchev–Trinajstić information content (AvgIpc) is 3.44. The van der Waals surface area contributed by atoms with Gasteiger partial charge < -0.3 is 19.1 Å². The topological polar surface area (TPSA) is 121 Å². The van der Waals surface area contributed by atoms with Crippen LogP contribution in [-0.2, 0) is 27.6 Å². The number of hydrogen-bond donors (Lipinski definition) is 2. The van der Waals surface area contributed by atoms with E-state index in [0.717, 1.165) is 46.5 Å². The van der Waals surface area contributed by atoms with E-state index in [1.807, 2.05) is 49.4 Å². The van der Waals surface area contributed by atoms with Gasteiger partial charge in [0.15, 0.2) is 11.5 Å². The van der Waals surface area contributed by atoms with Crippen molar-refractivity contribution >= 4 is 21.2 Å². The van der Waals surface area contributed by atoms with E-state index in [-0.39, 0.29) is 17.1 Å². The number of pyridine rings is 1. The van der Waals surface area contributed by atoms with Crippen molar-refractivity contribution in [2.75, 3.05) is 18.6 Å². The molecule has 1 aliphatic heterocycles. The first-order valence-electron chi connectivity index (χ1n) is 12.7. The number of benzene rings is 2. The van der Waals surface area contributed by atoms with Gasteiger partial charge in [-0.2, -0.15) is 0 Å². The Kier molecular flexibility index (Phi) is 7.97. The predicted molar refractivity (Wildman–Crippen MR) is 147 cm³/mol. The Labute approximate surface area is 226 Å². The maximum absolute atomic E-state index is 12.1. The molecule has 38 heavy (non-hydrogen) atoms. The van der Waals surface area contributed by atoms with Crippen molar-refractivity contribution in [1.29, 1.82) is 0 Å². The number of aliphatic hydroxyl groups is 1. The van der Waals surface area contributed by atoms with Gasteiger partial charge >= 0.3 is 0 Å². The molecular formula is C28H32N2O6S2. The molecule has 5 rings (SSSR count). The van der Waals surface area contributed by atoms with Crippen molar-refractivity contribution in [2.45, 2.75) is 50.2 Å². The summed E-state index contributed by atoms with van der Waals surface area (Å²) in [5, 5.41) is 9.49. The van der Waals surface area contributed by atoms with Crippen LogP contribution in [0.25, 0.3) is 11.1 Å². The Hall–Kier alpha value is -2.63. The number of nitrogens with zero attached hydrogens (tertiary/aromatic N) is 1. The van der Waals surface area contributed by atoms with E-state index >= 15 is 0 Å². The number of hydrogen-bond acceptors (Lipinski definition) is 8. The van der Waals surface area contributed by atoms with Crippen molar-refractivity contribution < 1.29 is 27.6 Å². The molecule has 1 fully saturated rings. The number of sulfone groups is 1. The normalized spacial score (nSPS) is 22.8.